The van der Waals surface area contributed by atoms with E-state index >= 15 is 0 Å². The molecule has 20 heteroatoms. The summed E-state index contributed by atoms with van der Waals surface area (Å²) in [5.74, 6) is -2.64. The predicted molar refractivity (Wildman–Crippen MR) is 156 cm³/mol. The highest BCUT2D eigenvalue weighted by molar-refractivity contribution is 5.62. The maximum Gasteiger partial charge on any atom is 0.411 e. The number of phenols is 4. The van der Waals surface area contributed by atoms with Gasteiger partial charge in [0.15, 0.2) is 0 Å². The first-order chi connectivity index (χ1) is 22.6. The van der Waals surface area contributed by atoms with Gasteiger partial charge in [0.1, 0.15) is 23.0 Å². The summed E-state index contributed by atoms with van der Waals surface area (Å²) in [7, 11) is 0. The molecule has 0 saturated heterocycles. The molecular formula is C30H24F12N4O4. The molecule has 4 aromatic carbocycles. The molecule has 0 amide bonds. The van der Waals surface area contributed by atoms with Crippen LogP contribution in [0.5, 0.6) is 23.0 Å². The lowest BCUT2D eigenvalue weighted by molar-refractivity contribution is -0.290. The highest BCUT2D eigenvalue weighted by atomic mass is 19.4. The third kappa shape index (κ3) is 6.43. The fourth-order valence-electron chi connectivity index (χ4n) is 5.12. The number of anilines is 4. The van der Waals surface area contributed by atoms with Crippen molar-refractivity contribution in [2.75, 3.05) is 22.9 Å². The number of phenolic OH excluding ortho intramolecular Hbond substituents is 4. The lowest BCUT2D eigenvalue weighted by Gasteiger charge is -2.38. The Labute approximate surface area is 272 Å². The molecule has 0 aliphatic carbocycles. The van der Waals surface area contributed by atoms with E-state index in [1.54, 1.807) is 0 Å². The Balaban J connectivity index is 0.000000270. The maximum absolute atomic E-state index is 13.8. The van der Waals surface area contributed by atoms with Crippen molar-refractivity contribution >= 4 is 22.7 Å². The number of aromatic hydroxyl groups is 4. The molecule has 0 radical (unpaired) electrons. The largest absolute Gasteiger partial charge is 0.506 e. The molecule has 0 aliphatic heterocycles. The van der Waals surface area contributed by atoms with Crippen molar-refractivity contribution in [2.45, 2.75) is 35.5 Å². The van der Waals surface area contributed by atoms with Crippen molar-refractivity contribution < 1.29 is 73.1 Å². The second-order valence-corrected chi connectivity index (χ2v) is 10.6. The van der Waals surface area contributed by atoms with E-state index in [1.807, 2.05) is 0 Å². The minimum Gasteiger partial charge on any atom is -0.506 e. The summed E-state index contributed by atoms with van der Waals surface area (Å²) in [5, 5.41) is 37.3. The first-order valence-corrected chi connectivity index (χ1v) is 13.3. The Kier molecular flexibility index (Phi) is 9.89. The van der Waals surface area contributed by atoms with Crippen LogP contribution in [0.25, 0.3) is 0 Å². The fourth-order valence-corrected chi connectivity index (χ4v) is 5.12. The molecule has 0 bridgehead atoms. The Hall–Kier alpha value is -5.56. The summed E-state index contributed by atoms with van der Waals surface area (Å²) < 4.78 is 165. The van der Waals surface area contributed by atoms with E-state index in [4.69, 9.17) is 22.9 Å². The van der Waals surface area contributed by atoms with Gasteiger partial charge in [-0.3, -0.25) is 0 Å². The maximum atomic E-state index is 13.8. The van der Waals surface area contributed by atoms with Gasteiger partial charge in [-0.05, 0) is 70.8 Å². The standard InChI is InChI=1S/2C15H12F6N2O2/c2*16-14(17,18)13(15(19,20)21,7-1-3-11(24)9(22)5-7)8-2-4-12(25)10(23)6-8/h2*1-6,24-25H,22-23H2. The normalized spacial score (nSPS) is 13.0. The van der Waals surface area contributed by atoms with Gasteiger partial charge in [-0.2, -0.15) is 52.7 Å². The zero-order valence-electron chi connectivity index (χ0n) is 24.6. The summed E-state index contributed by atoms with van der Waals surface area (Å²) in [6.07, 6.45) is -23.3. The quantitative estimate of drug-likeness (QED) is 0.0608. The van der Waals surface area contributed by atoms with Crippen LogP contribution in [0.4, 0.5) is 75.4 Å². The molecule has 0 fully saturated rings. The van der Waals surface area contributed by atoms with E-state index in [1.165, 1.54) is 0 Å². The molecule has 50 heavy (non-hydrogen) atoms. The fraction of sp³-hybridized carbons (Fsp3) is 0.200. The minimum atomic E-state index is -5.82. The number of hydrogen-bond acceptors (Lipinski definition) is 8. The van der Waals surface area contributed by atoms with Gasteiger partial charge >= 0.3 is 24.7 Å². The monoisotopic (exact) mass is 732 g/mol. The van der Waals surface area contributed by atoms with E-state index in [-0.39, 0.29) is 0 Å². The van der Waals surface area contributed by atoms with Gasteiger partial charge in [0.05, 0.1) is 22.7 Å². The van der Waals surface area contributed by atoms with Crippen LogP contribution in [0.3, 0.4) is 0 Å². The van der Waals surface area contributed by atoms with Crippen molar-refractivity contribution in [2.24, 2.45) is 0 Å². The van der Waals surface area contributed by atoms with Crippen LogP contribution < -0.4 is 22.9 Å². The van der Waals surface area contributed by atoms with Crippen molar-refractivity contribution in [1.29, 1.82) is 0 Å². The zero-order valence-corrected chi connectivity index (χ0v) is 24.6. The van der Waals surface area contributed by atoms with Crippen LogP contribution in [-0.4, -0.2) is 45.1 Å². The van der Waals surface area contributed by atoms with Gasteiger partial charge in [-0.25, -0.2) is 0 Å². The van der Waals surface area contributed by atoms with Crippen molar-refractivity contribution in [3.05, 3.63) is 95.1 Å². The molecule has 0 unspecified atom stereocenters. The lowest BCUT2D eigenvalue weighted by Crippen LogP contribution is -2.54. The molecule has 0 heterocycles. The van der Waals surface area contributed by atoms with Crippen LogP contribution in [0.1, 0.15) is 22.3 Å². The van der Waals surface area contributed by atoms with E-state index in [0.717, 1.165) is 0 Å². The Morgan fingerprint density at radius 2 is 0.480 bits per heavy atom. The minimum absolute atomic E-state index is 0.402. The smallest absolute Gasteiger partial charge is 0.411 e. The van der Waals surface area contributed by atoms with Gasteiger partial charge in [-0.1, -0.05) is 24.3 Å². The number of benzene rings is 4. The molecule has 0 aromatic heterocycles. The number of nitrogens with two attached hydrogens (primary N) is 4. The topological polar surface area (TPSA) is 185 Å². The van der Waals surface area contributed by atoms with E-state index < -0.39 is 104 Å². The molecule has 4 aromatic rings. The molecular weight excluding hydrogens is 708 g/mol. The molecule has 4 rings (SSSR count). The highest BCUT2D eigenvalue weighted by Crippen LogP contribution is 2.58. The Morgan fingerprint density at radius 1 is 0.320 bits per heavy atom. The van der Waals surface area contributed by atoms with Gasteiger partial charge in [0, 0.05) is 0 Å². The summed E-state index contributed by atoms with van der Waals surface area (Å²) in [6, 6.07) is 6.09. The summed E-state index contributed by atoms with van der Waals surface area (Å²) in [4.78, 5) is 0. The van der Waals surface area contributed by atoms with E-state index in [9.17, 15) is 73.1 Å². The molecule has 272 valence electrons. The molecule has 0 aliphatic rings. The first kappa shape index (κ1) is 38.9. The van der Waals surface area contributed by atoms with Crippen LogP contribution in [0, 0.1) is 0 Å². The molecule has 8 nitrogen and oxygen atoms in total. The summed E-state index contributed by atoms with van der Waals surface area (Å²) in [6.45, 7) is 0. The first-order valence-electron chi connectivity index (χ1n) is 13.3. The third-order valence-electron chi connectivity index (χ3n) is 7.54. The average Bonchev–Trinajstić information content (AvgIpc) is 2.94. The molecule has 12 N–H and O–H groups in total. The second-order valence-electron chi connectivity index (χ2n) is 10.6. The molecule has 0 saturated carbocycles. The van der Waals surface area contributed by atoms with Gasteiger partial charge in [0.2, 0.25) is 10.8 Å². The summed E-state index contributed by atoms with van der Waals surface area (Å²) >= 11 is 0. The SMILES string of the molecule is Nc1cc(C(c2ccc(O)c(N)c2)(C(F)(F)F)C(F)(F)F)ccc1O.Nc1cc(C(c2ccc(O)c(N)c2)(C(F)(F)F)C(F)(F)F)ccc1O. The van der Waals surface area contributed by atoms with Gasteiger partial charge in [0.25, 0.3) is 0 Å². The van der Waals surface area contributed by atoms with Gasteiger partial charge in [-0.15, -0.1) is 0 Å². The number of rotatable bonds is 4. The number of halogens is 12. The highest BCUT2D eigenvalue weighted by Gasteiger charge is 2.73. The van der Waals surface area contributed by atoms with E-state index in [2.05, 4.69) is 0 Å². The molecule has 0 atom stereocenters. The molecule has 0 spiro atoms. The Morgan fingerprint density at radius 3 is 0.600 bits per heavy atom. The average molecular weight is 733 g/mol. The van der Waals surface area contributed by atoms with Crippen LogP contribution >= 0.6 is 0 Å². The van der Waals surface area contributed by atoms with Crippen molar-refractivity contribution in [1.82, 2.24) is 0 Å². The second kappa shape index (κ2) is 12.7. The predicted octanol–water partition coefficient (Wildman–Crippen LogP) is 7.35. The number of alkyl halides is 12. The zero-order chi connectivity index (χ0) is 38.4. The number of nitrogen functional groups attached to an aromatic ring is 4. The van der Waals surface area contributed by atoms with Gasteiger partial charge < -0.3 is 43.4 Å². The van der Waals surface area contributed by atoms with E-state index in [0.29, 0.717) is 72.8 Å². The lowest BCUT2D eigenvalue weighted by atomic mass is 9.72. The third-order valence-corrected chi connectivity index (χ3v) is 7.54. The summed E-state index contributed by atoms with van der Waals surface area (Å²) in [5.41, 5.74) is 4.66. The van der Waals surface area contributed by atoms with Crippen LogP contribution in [0.2, 0.25) is 0 Å². The van der Waals surface area contributed by atoms with Crippen LogP contribution in [0.15, 0.2) is 72.8 Å². The van der Waals surface area contributed by atoms with Crippen molar-refractivity contribution in [3.63, 3.8) is 0 Å². The number of hydrogen-bond donors (Lipinski definition) is 8. The van der Waals surface area contributed by atoms with Crippen LogP contribution in [-0.2, 0) is 10.8 Å². The Bertz CT molecular complexity index is 1600. The van der Waals surface area contributed by atoms with Crippen molar-refractivity contribution in [3.8, 4) is 23.0 Å².